The maximum Gasteiger partial charge on any atom is 0.261 e. The van der Waals surface area contributed by atoms with Crippen LogP contribution in [0.4, 0.5) is 5.69 Å². The van der Waals surface area contributed by atoms with Crippen molar-refractivity contribution in [3.8, 4) is 0 Å². The van der Waals surface area contributed by atoms with Crippen LogP contribution in [-0.2, 0) is 21.2 Å². The Morgan fingerprint density at radius 2 is 1.87 bits per heavy atom. The minimum absolute atomic E-state index is 0.106. The summed E-state index contributed by atoms with van der Waals surface area (Å²) in [5.74, 6) is -0.106. The normalized spacial score (nSPS) is 11.2. The van der Waals surface area contributed by atoms with Gasteiger partial charge in [0.15, 0.2) is 0 Å². The molecule has 23 heavy (non-hydrogen) atoms. The number of rotatable bonds is 7. The molecule has 2 N–H and O–H groups in total. The molecule has 0 saturated heterocycles. The van der Waals surface area contributed by atoms with Gasteiger partial charge in [-0.2, -0.15) is 0 Å². The number of anilines is 1. The van der Waals surface area contributed by atoms with Crippen molar-refractivity contribution >= 4 is 33.0 Å². The summed E-state index contributed by atoms with van der Waals surface area (Å²) in [5.41, 5.74) is 1.45. The van der Waals surface area contributed by atoms with Crippen molar-refractivity contribution < 1.29 is 13.2 Å². The van der Waals surface area contributed by atoms with Gasteiger partial charge in [0.2, 0.25) is 5.91 Å². The van der Waals surface area contributed by atoms with Crippen LogP contribution in [0.2, 0.25) is 0 Å². The Morgan fingerprint density at radius 3 is 2.52 bits per heavy atom. The molecule has 0 aliphatic heterocycles. The number of benzene rings is 1. The number of hydrogen-bond donors (Lipinski definition) is 2. The van der Waals surface area contributed by atoms with E-state index in [2.05, 4.69) is 10.0 Å². The van der Waals surface area contributed by atoms with Crippen molar-refractivity contribution in [1.29, 1.82) is 0 Å². The highest BCUT2D eigenvalue weighted by Crippen LogP contribution is 2.25. The molecule has 0 bridgehead atoms. The molecule has 1 heterocycles. The molecular formula is C16H20N2O3S2. The third-order valence-corrected chi connectivity index (χ3v) is 5.52. The Labute approximate surface area is 140 Å². The first-order valence-electron chi connectivity index (χ1n) is 7.35. The van der Waals surface area contributed by atoms with Gasteiger partial charge in [0.05, 0.1) is 17.0 Å². The number of nitrogens with one attached hydrogen (secondary N) is 2. The van der Waals surface area contributed by atoms with Gasteiger partial charge in [-0.3, -0.25) is 9.52 Å². The van der Waals surface area contributed by atoms with Crippen molar-refractivity contribution in [3.63, 3.8) is 0 Å². The summed E-state index contributed by atoms with van der Waals surface area (Å²) < 4.78 is 27.4. The van der Waals surface area contributed by atoms with Gasteiger partial charge >= 0.3 is 0 Å². The Kier molecular flexibility index (Phi) is 5.79. The predicted octanol–water partition coefficient (Wildman–Crippen LogP) is 2.93. The van der Waals surface area contributed by atoms with Gasteiger partial charge in [-0.05, 0) is 36.9 Å². The number of hydrogen-bond acceptors (Lipinski definition) is 4. The second-order valence-corrected chi connectivity index (χ2v) is 7.89. The van der Waals surface area contributed by atoms with E-state index in [1.54, 1.807) is 35.7 Å². The first-order valence-corrected chi connectivity index (χ1v) is 9.71. The molecule has 0 aliphatic rings. The predicted molar refractivity (Wildman–Crippen MR) is 93.3 cm³/mol. The fraction of sp³-hybridized carbons (Fsp3) is 0.312. The van der Waals surface area contributed by atoms with Crippen molar-refractivity contribution in [2.45, 2.75) is 31.6 Å². The van der Waals surface area contributed by atoms with E-state index in [1.165, 1.54) is 11.3 Å². The highest BCUT2D eigenvalue weighted by atomic mass is 32.2. The fourth-order valence-electron chi connectivity index (χ4n) is 1.96. The average Bonchev–Trinajstić information content (AvgIpc) is 2.92. The highest BCUT2D eigenvalue weighted by Gasteiger charge is 2.17. The number of carbonyl (C=O) groups is 1. The van der Waals surface area contributed by atoms with E-state index in [1.807, 2.05) is 13.8 Å². The van der Waals surface area contributed by atoms with Crippen molar-refractivity contribution in [3.05, 3.63) is 46.2 Å². The van der Waals surface area contributed by atoms with Crippen LogP contribution in [0.25, 0.3) is 0 Å². The third kappa shape index (κ3) is 4.80. The molecule has 0 atom stereocenters. The lowest BCUT2D eigenvalue weighted by molar-refractivity contribution is -0.120. The van der Waals surface area contributed by atoms with Crippen LogP contribution in [-0.4, -0.2) is 20.9 Å². The molecule has 1 aromatic carbocycles. The van der Waals surface area contributed by atoms with E-state index >= 15 is 0 Å². The van der Waals surface area contributed by atoms with E-state index in [9.17, 15) is 13.2 Å². The van der Waals surface area contributed by atoms with E-state index < -0.39 is 10.0 Å². The van der Waals surface area contributed by atoms with E-state index in [-0.39, 0.29) is 17.2 Å². The van der Waals surface area contributed by atoms with Gasteiger partial charge in [0.25, 0.3) is 10.0 Å². The topological polar surface area (TPSA) is 75.3 Å². The van der Waals surface area contributed by atoms with E-state index in [4.69, 9.17) is 0 Å². The van der Waals surface area contributed by atoms with Crippen LogP contribution in [0.5, 0.6) is 0 Å². The summed E-state index contributed by atoms with van der Waals surface area (Å²) >= 11 is 1.36. The molecule has 5 nitrogen and oxygen atoms in total. The minimum Gasteiger partial charge on any atom is -0.356 e. The Balaban J connectivity index is 2.13. The third-order valence-electron chi connectivity index (χ3n) is 3.21. The van der Waals surface area contributed by atoms with Crippen LogP contribution in [0.1, 0.15) is 23.8 Å². The summed E-state index contributed by atoms with van der Waals surface area (Å²) in [6, 6.07) is 8.32. The number of sulfonamides is 1. The molecule has 0 aliphatic carbocycles. The van der Waals surface area contributed by atoms with Crippen molar-refractivity contribution in [1.82, 2.24) is 5.32 Å². The quantitative estimate of drug-likeness (QED) is 0.804. The van der Waals surface area contributed by atoms with E-state index in [0.717, 1.165) is 12.0 Å². The molecule has 1 amide bonds. The summed E-state index contributed by atoms with van der Waals surface area (Å²) in [6.45, 7) is 4.50. The molecule has 0 radical (unpaired) electrons. The molecule has 0 unspecified atom stereocenters. The van der Waals surface area contributed by atoms with E-state index in [0.29, 0.717) is 17.1 Å². The SMILES string of the molecule is CCCNC(=O)Cc1sccc1NS(=O)(=O)c1ccc(C)cc1. The summed E-state index contributed by atoms with van der Waals surface area (Å²) in [6.07, 6.45) is 1.03. The van der Waals surface area contributed by atoms with Gasteiger partial charge in [0, 0.05) is 11.4 Å². The standard InChI is InChI=1S/C16H20N2O3S2/c1-3-9-17-16(19)11-15-14(8-10-22-15)18-23(20,21)13-6-4-12(2)5-7-13/h4-8,10,18H,3,9,11H2,1-2H3,(H,17,19). The number of carbonyl (C=O) groups excluding carboxylic acids is 1. The molecule has 7 heteroatoms. The van der Waals surface area contributed by atoms with Crippen LogP contribution < -0.4 is 10.0 Å². The zero-order valence-electron chi connectivity index (χ0n) is 13.1. The number of amides is 1. The second kappa shape index (κ2) is 7.61. The lowest BCUT2D eigenvalue weighted by Crippen LogP contribution is -2.25. The maximum absolute atomic E-state index is 12.4. The summed E-state index contributed by atoms with van der Waals surface area (Å²) in [5, 5.41) is 4.56. The van der Waals surface area contributed by atoms with Gasteiger partial charge in [-0.1, -0.05) is 24.6 Å². The fourth-order valence-corrected chi connectivity index (χ4v) is 3.95. The number of thiophene rings is 1. The monoisotopic (exact) mass is 352 g/mol. The molecule has 2 aromatic rings. The molecule has 0 spiro atoms. The van der Waals surface area contributed by atoms with Crippen molar-refractivity contribution in [2.24, 2.45) is 0 Å². The second-order valence-electron chi connectivity index (χ2n) is 5.20. The maximum atomic E-state index is 12.4. The van der Waals surface area contributed by atoms with Gasteiger partial charge < -0.3 is 5.32 Å². The van der Waals surface area contributed by atoms with Crippen LogP contribution in [0.3, 0.4) is 0 Å². The molecule has 0 saturated carbocycles. The zero-order chi connectivity index (χ0) is 16.9. The van der Waals surface area contributed by atoms with Crippen LogP contribution >= 0.6 is 11.3 Å². The highest BCUT2D eigenvalue weighted by molar-refractivity contribution is 7.92. The summed E-state index contributed by atoms with van der Waals surface area (Å²) in [7, 11) is -3.65. The van der Waals surface area contributed by atoms with Gasteiger partial charge in [-0.25, -0.2) is 8.42 Å². The summed E-state index contributed by atoms with van der Waals surface area (Å²) in [4.78, 5) is 12.7. The number of aryl methyl sites for hydroxylation is 1. The zero-order valence-corrected chi connectivity index (χ0v) is 14.8. The smallest absolute Gasteiger partial charge is 0.261 e. The molecule has 1 aromatic heterocycles. The molecule has 124 valence electrons. The largest absolute Gasteiger partial charge is 0.356 e. The van der Waals surface area contributed by atoms with Gasteiger partial charge in [0.1, 0.15) is 0 Å². The average molecular weight is 352 g/mol. The molecular weight excluding hydrogens is 332 g/mol. The molecule has 0 fully saturated rings. The Morgan fingerprint density at radius 1 is 1.17 bits per heavy atom. The lowest BCUT2D eigenvalue weighted by Gasteiger charge is -2.09. The minimum atomic E-state index is -3.65. The van der Waals surface area contributed by atoms with Crippen LogP contribution in [0.15, 0.2) is 40.6 Å². The first kappa shape index (κ1) is 17.5. The lowest BCUT2D eigenvalue weighted by atomic mass is 10.2. The Hall–Kier alpha value is -1.86. The Bertz CT molecular complexity index is 765. The first-order chi connectivity index (χ1) is 10.9. The molecule has 2 rings (SSSR count). The van der Waals surface area contributed by atoms with Gasteiger partial charge in [-0.15, -0.1) is 11.3 Å². The van der Waals surface area contributed by atoms with Crippen LogP contribution in [0, 0.1) is 6.92 Å². The van der Waals surface area contributed by atoms with Crippen molar-refractivity contribution in [2.75, 3.05) is 11.3 Å².